The van der Waals surface area contributed by atoms with E-state index < -0.39 is 0 Å². The second-order valence-electron chi connectivity index (χ2n) is 5.19. The van der Waals surface area contributed by atoms with Crippen molar-refractivity contribution in [3.8, 4) is 5.75 Å². The van der Waals surface area contributed by atoms with Gasteiger partial charge >= 0.3 is 0 Å². The summed E-state index contributed by atoms with van der Waals surface area (Å²) in [5.74, 6) is 0.919. The summed E-state index contributed by atoms with van der Waals surface area (Å²) < 4.78 is 5.26. The monoisotopic (exact) mass is 264 g/mol. The van der Waals surface area contributed by atoms with Gasteiger partial charge in [-0.3, -0.25) is 0 Å². The van der Waals surface area contributed by atoms with Gasteiger partial charge in [0.1, 0.15) is 5.75 Å². The summed E-state index contributed by atoms with van der Waals surface area (Å²) in [4.78, 5) is 2.39. The molecule has 3 nitrogen and oxygen atoms in total. The molecule has 0 amide bonds. The summed E-state index contributed by atoms with van der Waals surface area (Å²) in [6.45, 7) is 8.76. The van der Waals surface area contributed by atoms with Gasteiger partial charge in [0.05, 0.1) is 7.11 Å². The Kier molecular flexibility index (Phi) is 6.89. The van der Waals surface area contributed by atoms with E-state index in [1.807, 2.05) is 12.1 Å². The van der Waals surface area contributed by atoms with E-state index in [-0.39, 0.29) is 0 Å². The highest BCUT2D eigenvalue weighted by Crippen LogP contribution is 2.18. The Morgan fingerprint density at radius 2 is 2.05 bits per heavy atom. The van der Waals surface area contributed by atoms with Crippen LogP contribution in [0.4, 0.5) is 0 Å². The summed E-state index contributed by atoms with van der Waals surface area (Å²) in [5, 5.41) is 3.56. The number of nitrogens with zero attached hydrogens (tertiary/aromatic N) is 1. The zero-order valence-electron chi connectivity index (χ0n) is 12.9. The smallest absolute Gasteiger partial charge is 0.119 e. The molecule has 2 unspecified atom stereocenters. The van der Waals surface area contributed by atoms with Gasteiger partial charge in [-0.15, -0.1) is 0 Å². The maximum atomic E-state index is 5.26. The molecule has 1 aromatic carbocycles. The first-order valence-corrected chi connectivity index (χ1v) is 7.16. The van der Waals surface area contributed by atoms with Crippen molar-refractivity contribution in [1.29, 1.82) is 0 Å². The third-order valence-electron chi connectivity index (χ3n) is 3.85. The number of likely N-dealkylation sites (N-methyl/N-ethyl adjacent to an activating group) is 1. The van der Waals surface area contributed by atoms with Gasteiger partial charge in [0.25, 0.3) is 0 Å². The third kappa shape index (κ3) is 5.21. The normalized spacial score (nSPS) is 14.4. The molecular formula is C16H28N2O. The van der Waals surface area contributed by atoms with Gasteiger partial charge in [-0.2, -0.15) is 0 Å². The molecule has 1 N–H and O–H groups in total. The molecule has 1 aromatic rings. The summed E-state index contributed by atoms with van der Waals surface area (Å²) in [6, 6.07) is 9.24. The molecule has 0 aliphatic heterocycles. The second kappa shape index (κ2) is 8.18. The SMILES string of the molecule is CCC(C)N(C)CCNC(C)c1cccc(OC)c1. The number of hydrogen-bond donors (Lipinski definition) is 1. The zero-order chi connectivity index (χ0) is 14.3. The molecule has 0 radical (unpaired) electrons. The van der Waals surface area contributed by atoms with Gasteiger partial charge in [-0.1, -0.05) is 19.1 Å². The first-order chi connectivity index (χ1) is 9.08. The van der Waals surface area contributed by atoms with Crippen LogP contribution in [0.15, 0.2) is 24.3 Å². The molecule has 0 bridgehead atoms. The van der Waals surface area contributed by atoms with E-state index >= 15 is 0 Å². The molecule has 0 heterocycles. The van der Waals surface area contributed by atoms with Crippen molar-refractivity contribution in [2.45, 2.75) is 39.3 Å². The van der Waals surface area contributed by atoms with Crippen LogP contribution in [0.1, 0.15) is 38.8 Å². The van der Waals surface area contributed by atoms with Crippen LogP contribution in [0.25, 0.3) is 0 Å². The van der Waals surface area contributed by atoms with E-state index in [0.29, 0.717) is 12.1 Å². The highest BCUT2D eigenvalue weighted by atomic mass is 16.5. The Morgan fingerprint density at radius 3 is 2.68 bits per heavy atom. The molecule has 0 aromatic heterocycles. The second-order valence-corrected chi connectivity index (χ2v) is 5.19. The molecule has 19 heavy (non-hydrogen) atoms. The maximum Gasteiger partial charge on any atom is 0.119 e. The predicted molar refractivity (Wildman–Crippen MR) is 81.8 cm³/mol. The summed E-state index contributed by atoms with van der Waals surface area (Å²) in [5.41, 5.74) is 1.27. The average molecular weight is 264 g/mol. The Morgan fingerprint density at radius 1 is 1.32 bits per heavy atom. The molecule has 0 aliphatic carbocycles. The van der Waals surface area contributed by atoms with E-state index in [9.17, 15) is 0 Å². The van der Waals surface area contributed by atoms with Crippen LogP contribution in [-0.4, -0.2) is 38.2 Å². The predicted octanol–water partition coefficient (Wildman–Crippen LogP) is 3.08. The van der Waals surface area contributed by atoms with Gasteiger partial charge in [0, 0.05) is 25.2 Å². The molecular weight excluding hydrogens is 236 g/mol. The lowest BCUT2D eigenvalue weighted by Crippen LogP contribution is -2.35. The topological polar surface area (TPSA) is 24.5 Å². The Labute approximate surface area is 118 Å². The summed E-state index contributed by atoms with van der Waals surface area (Å²) in [6.07, 6.45) is 1.20. The van der Waals surface area contributed by atoms with Crippen LogP contribution < -0.4 is 10.1 Å². The minimum absolute atomic E-state index is 0.348. The lowest BCUT2D eigenvalue weighted by atomic mass is 10.1. The molecule has 2 atom stereocenters. The number of hydrogen-bond acceptors (Lipinski definition) is 3. The third-order valence-corrected chi connectivity index (χ3v) is 3.85. The molecule has 0 saturated heterocycles. The first kappa shape index (κ1) is 16.0. The van der Waals surface area contributed by atoms with E-state index in [4.69, 9.17) is 4.74 Å². The van der Waals surface area contributed by atoms with Crippen molar-refractivity contribution in [2.75, 3.05) is 27.2 Å². The fourth-order valence-electron chi connectivity index (χ4n) is 2.02. The minimum Gasteiger partial charge on any atom is -0.497 e. The van der Waals surface area contributed by atoms with Crippen LogP contribution in [0, 0.1) is 0 Å². The standard InChI is InChI=1S/C16H28N2O/c1-6-13(2)18(4)11-10-17-14(3)15-8-7-9-16(12-15)19-5/h7-9,12-14,17H,6,10-11H2,1-5H3. The first-order valence-electron chi connectivity index (χ1n) is 7.16. The number of benzene rings is 1. The van der Waals surface area contributed by atoms with Crippen molar-refractivity contribution in [1.82, 2.24) is 10.2 Å². The van der Waals surface area contributed by atoms with Gasteiger partial charge in [0.15, 0.2) is 0 Å². The molecule has 0 fully saturated rings. The van der Waals surface area contributed by atoms with E-state index in [1.165, 1.54) is 12.0 Å². The van der Waals surface area contributed by atoms with Crippen molar-refractivity contribution in [3.63, 3.8) is 0 Å². The number of nitrogens with one attached hydrogen (secondary N) is 1. The quantitative estimate of drug-likeness (QED) is 0.781. The number of rotatable bonds is 8. The Bertz CT molecular complexity index is 368. The van der Waals surface area contributed by atoms with Crippen molar-refractivity contribution >= 4 is 0 Å². The largest absolute Gasteiger partial charge is 0.497 e. The lowest BCUT2D eigenvalue weighted by Gasteiger charge is -2.24. The Balaban J connectivity index is 2.40. The molecule has 0 spiro atoms. The van der Waals surface area contributed by atoms with E-state index in [2.05, 4.69) is 50.2 Å². The van der Waals surface area contributed by atoms with Crippen molar-refractivity contribution in [2.24, 2.45) is 0 Å². The average Bonchev–Trinajstić information content (AvgIpc) is 2.46. The van der Waals surface area contributed by atoms with Crippen LogP contribution >= 0.6 is 0 Å². The lowest BCUT2D eigenvalue weighted by molar-refractivity contribution is 0.249. The van der Waals surface area contributed by atoms with Gasteiger partial charge in [0.2, 0.25) is 0 Å². The molecule has 3 heteroatoms. The van der Waals surface area contributed by atoms with Gasteiger partial charge in [-0.05, 0) is 45.0 Å². The van der Waals surface area contributed by atoms with Crippen LogP contribution in [-0.2, 0) is 0 Å². The van der Waals surface area contributed by atoms with Crippen molar-refractivity contribution in [3.05, 3.63) is 29.8 Å². The van der Waals surface area contributed by atoms with Crippen LogP contribution in [0.3, 0.4) is 0 Å². The maximum absolute atomic E-state index is 5.26. The van der Waals surface area contributed by atoms with E-state index in [1.54, 1.807) is 7.11 Å². The van der Waals surface area contributed by atoms with Crippen LogP contribution in [0.5, 0.6) is 5.75 Å². The fraction of sp³-hybridized carbons (Fsp3) is 0.625. The van der Waals surface area contributed by atoms with Crippen LogP contribution in [0.2, 0.25) is 0 Å². The number of methoxy groups -OCH3 is 1. The minimum atomic E-state index is 0.348. The summed E-state index contributed by atoms with van der Waals surface area (Å²) >= 11 is 0. The molecule has 108 valence electrons. The fourth-order valence-corrected chi connectivity index (χ4v) is 2.02. The molecule has 0 saturated carbocycles. The zero-order valence-corrected chi connectivity index (χ0v) is 12.9. The van der Waals surface area contributed by atoms with Gasteiger partial charge in [-0.25, -0.2) is 0 Å². The van der Waals surface area contributed by atoms with Crippen molar-refractivity contribution < 1.29 is 4.74 Å². The molecule has 0 aliphatic rings. The van der Waals surface area contributed by atoms with Gasteiger partial charge < -0.3 is 15.0 Å². The highest BCUT2D eigenvalue weighted by Gasteiger charge is 2.08. The molecule has 1 rings (SSSR count). The Hall–Kier alpha value is -1.06. The highest BCUT2D eigenvalue weighted by molar-refractivity contribution is 5.30. The number of ether oxygens (including phenoxy) is 1. The van der Waals surface area contributed by atoms with E-state index in [0.717, 1.165) is 18.8 Å². The summed E-state index contributed by atoms with van der Waals surface area (Å²) in [7, 11) is 3.89.